The Morgan fingerprint density at radius 1 is 1.18 bits per heavy atom. The molecule has 55 heavy (non-hydrogen) atoms. The number of nitrogens with zero attached hydrogens (tertiary/aromatic N) is 9. The van der Waals surface area contributed by atoms with Gasteiger partial charge in [-0.05, 0) is 49.9 Å². The van der Waals surface area contributed by atoms with Crippen LogP contribution in [0.1, 0.15) is 37.7 Å². The van der Waals surface area contributed by atoms with E-state index in [4.69, 9.17) is 43.4 Å². The van der Waals surface area contributed by atoms with Crippen molar-refractivity contribution < 1.29 is 27.4 Å². The smallest absolute Gasteiger partial charge is 0.347 e. The van der Waals surface area contributed by atoms with Gasteiger partial charge in [0.05, 0.1) is 39.8 Å². The second kappa shape index (κ2) is 13.6. The number of fused-ring (bicyclic) bond motifs is 3. The summed E-state index contributed by atoms with van der Waals surface area (Å²) in [5.74, 6) is -1.08. The molecule has 286 valence electrons. The Bertz CT molecular complexity index is 2390. The monoisotopic (exact) mass is 812 g/mol. The van der Waals surface area contributed by atoms with Gasteiger partial charge in [0.2, 0.25) is 0 Å². The van der Waals surface area contributed by atoms with E-state index in [1.807, 2.05) is 11.0 Å². The second-order valence-electron chi connectivity index (χ2n) is 14.4. The summed E-state index contributed by atoms with van der Waals surface area (Å²) in [6, 6.07) is 5.61. The lowest BCUT2D eigenvalue weighted by Gasteiger charge is -2.50. The molecule has 1 spiro atoms. The van der Waals surface area contributed by atoms with Crippen LogP contribution in [0.2, 0.25) is 5.02 Å². The molecule has 7 heterocycles. The van der Waals surface area contributed by atoms with Crippen LogP contribution in [-0.2, 0) is 4.74 Å². The van der Waals surface area contributed by atoms with Crippen LogP contribution in [0.5, 0.6) is 6.01 Å². The summed E-state index contributed by atoms with van der Waals surface area (Å²) in [5.41, 5.74) is 3.87. The van der Waals surface area contributed by atoms with Crippen LogP contribution in [0.3, 0.4) is 0 Å². The number of nitriles is 1. The third-order valence-electron chi connectivity index (χ3n) is 11.5. The number of carbonyl (C=O) groups is 1. The molecule has 4 saturated heterocycles. The average Bonchev–Trinajstić information content (AvgIpc) is 3.97. The van der Waals surface area contributed by atoms with Crippen molar-refractivity contribution in [1.29, 1.82) is 5.26 Å². The zero-order valence-corrected chi connectivity index (χ0v) is 31.5. The first-order chi connectivity index (χ1) is 26.5. The molecule has 4 fully saturated rings. The fourth-order valence-electron chi connectivity index (χ4n) is 8.80. The van der Waals surface area contributed by atoms with Crippen LogP contribution in [0, 0.1) is 23.0 Å². The predicted molar refractivity (Wildman–Crippen MR) is 200 cm³/mol. The molecule has 2 N–H and O–H groups in total. The van der Waals surface area contributed by atoms with Crippen LogP contribution in [-0.4, -0.2) is 110 Å². The van der Waals surface area contributed by atoms with E-state index in [2.05, 4.69) is 20.2 Å². The fraction of sp³-hybridized carbons (Fsp3) is 0.444. The standard InChI is InChI=1S/C36H33Cl2F3N10O3S/c37-23-14-21-28(27(41)26(23)20-2-3-24(40)29-25(20)22(16-42)30(43)55-29)45-33(53-18-35-4-1-8-49(35)17-19(39)15-35)46-31(21)48-9-5-36(6-10-48)32(38)50(12-13-54-36)34(52)51-11-7-44-47-51/h2-3,7,11,14,19,32H,1,4-6,8-10,12-13,15,17-18,43H2/t19-,32?,35+/m1/s1. The molecule has 4 aliphatic rings. The largest absolute Gasteiger partial charge is 0.461 e. The van der Waals surface area contributed by atoms with Crippen molar-refractivity contribution in [2.24, 2.45) is 0 Å². The molecular weight excluding hydrogens is 780 g/mol. The molecule has 0 radical (unpaired) electrons. The zero-order chi connectivity index (χ0) is 38.2. The normalized spacial score (nSPS) is 23.9. The number of nitrogen functional groups attached to an aromatic ring is 1. The van der Waals surface area contributed by atoms with Gasteiger partial charge in [-0.3, -0.25) is 4.90 Å². The van der Waals surface area contributed by atoms with Gasteiger partial charge in [-0.15, -0.1) is 16.4 Å². The van der Waals surface area contributed by atoms with E-state index in [-0.39, 0.29) is 68.1 Å². The number of aromatic nitrogens is 5. The van der Waals surface area contributed by atoms with E-state index in [9.17, 15) is 18.8 Å². The molecule has 19 heteroatoms. The predicted octanol–water partition coefficient (Wildman–Crippen LogP) is 6.35. The molecule has 1 unspecified atom stereocenters. The van der Waals surface area contributed by atoms with Crippen LogP contribution < -0.4 is 15.4 Å². The lowest BCUT2D eigenvalue weighted by Crippen LogP contribution is -2.63. The van der Waals surface area contributed by atoms with Crippen molar-refractivity contribution in [1.82, 2.24) is 34.8 Å². The molecule has 3 atom stereocenters. The summed E-state index contributed by atoms with van der Waals surface area (Å²) in [7, 11) is 0. The Hall–Kier alpha value is -4.47. The van der Waals surface area contributed by atoms with Gasteiger partial charge in [0, 0.05) is 48.9 Å². The van der Waals surface area contributed by atoms with Crippen molar-refractivity contribution in [3.8, 4) is 23.2 Å². The van der Waals surface area contributed by atoms with E-state index in [1.165, 1.54) is 29.4 Å². The average molecular weight is 814 g/mol. The van der Waals surface area contributed by atoms with Crippen molar-refractivity contribution in [3.63, 3.8) is 0 Å². The molecule has 4 aliphatic heterocycles. The number of benzene rings is 2. The summed E-state index contributed by atoms with van der Waals surface area (Å²) in [6.07, 6.45) is 4.63. The van der Waals surface area contributed by atoms with Gasteiger partial charge < -0.3 is 25.0 Å². The first kappa shape index (κ1) is 36.2. The molecule has 0 aliphatic carbocycles. The number of morpholine rings is 1. The van der Waals surface area contributed by atoms with Crippen LogP contribution in [0.4, 0.5) is 28.8 Å². The minimum absolute atomic E-state index is 0.0160. The Morgan fingerprint density at radius 3 is 2.76 bits per heavy atom. The summed E-state index contributed by atoms with van der Waals surface area (Å²) in [6.45, 7) is 2.43. The minimum atomic E-state index is -0.980. The Kier molecular flexibility index (Phi) is 8.96. The second-order valence-corrected chi connectivity index (χ2v) is 16.3. The SMILES string of the molecule is N#Cc1c(N)sc2c(F)ccc(-c3c(Cl)cc4c(N5CCC6(CC5)OCCN(C(=O)n5ccnn5)C6Cl)nc(OC[C@@]56CCCN5C[C@H](F)C6)nc4c3F)c12. The Morgan fingerprint density at radius 2 is 2.00 bits per heavy atom. The lowest BCUT2D eigenvalue weighted by atomic mass is 9.88. The van der Waals surface area contributed by atoms with Gasteiger partial charge in [-0.25, -0.2) is 18.0 Å². The summed E-state index contributed by atoms with van der Waals surface area (Å²) < 4.78 is 60.6. The van der Waals surface area contributed by atoms with Crippen molar-refractivity contribution in [3.05, 3.63) is 52.8 Å². The van der Waals surface area contributed by atoms with Crippen molar-refractivity contribution in [2.75, 3.05) is 56.6 Å². The number of piperidine rings is 1. The number of amides is 1. The molecule has 0 saturated carbocycles. The van der Waals surface area contributed by atoms with Gasteiger partial charge in [0.25, 0.3) is 0 Å². The maximum Gasteiger partial charge on any atom is 0.347 e. The van der Waals surface area contributed by atoms with Gasteiger partial charge in [0.15, 0.2) is 5.82 Å². The van der Waals surface area contributed by atoms with Gasteiger partial charge >= 0.3 is 12.0 Å². The number of ether oxygens (including phenoxy) is 2. The number of anilines is 2. The van der Waals surface area contributed by atoms with Crippen molar-refractivity contribution in [2.45, 2.75) is 54.9 Å². The van der Waals surface area contributed by atoms with E-state index in [0.29, 0.717) is 50.1 Å². The number of hydrogen-bond acceptors (Lipinski definition) is 12. The topological polar surface area (TPSA) is 152 Å². The summed E-state index contributed by atoms with van der Waals surface area (Å²) in [5, 5.41) is 18.0. The molecule has 5 aromatic rings. The van der Waals surface area contributed by atoms with Crippen LogP contribution in [0.15, 0.2) is 30.6 Å². The number of hydrogen-bond donors (Lipinski definition) is 1. The van der Waals surface area contributed by atoms with E-state index in [1.54, 1.807) is 6.07 Å². The van der Waals surface area contributed by atoms with E-state index < -0.39 is 40.5 Å². The molecule has 1 amide bonds. The first-order valence-corrected chi connectivity index (χ1v) is 19.5. The maximum atomic E-state index is 17.2. The van der Waals surface area contributed by atoms with Gasteiger partial charge in [0.1, 0.15) is 52.1 Å². The number of carbonyl (C=O) groups excluding carboxylic acids is 1. The molecule has 2 aromatic carbocycles. The highest BCUT2D eigenvalue weighted by Gasteiger charge is 2.51. The van der Waals surface area contributed by atoms with E-state index >= 15 is 4.39 Å². The quantitative estimate of drug-likeness (QED) is 0.156. The molecule has 13 nitrogen and oxygen atoms in total. The molecular formula is C36H33Cl2F3N10O3S. The number of thiophene rings is 1. The highest BCUT2D eigenvalue weighted by molar-refractivity contribution is 7.23. The zero-order valence-electron chi connectivity index (χ0n) is 29.2. The molecule has 0 bridgehead atoms. The van der Waals surface area contributed by atoms with Gasteiger partial charge in [-0.1, -0.05) is 34.5 Å². The minimum Gasteiger partial charge on any atom is -0.461 e. The highest BCUT2D eigenvalue weighted by atomic mass is 35.5. The third-order valence-corrected chi connectivity index (χ3v) is 13.4. The summed E-state index contributed by atoms with van der Waals surface area (Å²) in [4.78, 5) is 28.2. The summed E-state index contributed by atoms with van der Waals surface area (Å²) >= 11 is 14.8. The lowest BCUT2D eigenvalue weighted by molar-refractivity contribution is -0.123. The number of nitrogens with two attached hydrogens (primary N) is 1. The molecule has 3 aromatic heterocycles. The van der Waals surface area contributed by atoms with Crippen LogP contribution >= 0.6 is 34.5 Å². The highest BCUT2D eigenvalue weighted by Crippen LogP contribution is 2.47. The number of rotatable bonds is 5. The van der Waals surface area contributed by atoms with Crippen LogP contribution in [0.25, 0.3) is 32.1 Å². The third kappa shape index (κ3) is 5.83. The van der Waals surface area contributed by atoms with E-state index in [0.717, 1.165) is 35.4 Å². The van der Waals surface area contributed by atoms with Gasteiger partial charge in [-0.2, -0.15) is 19.9 Å². The molecule has 9 rings (SSSR count). The Balaban J connectivity index is 1.11. The maximum absolute atomic E-state index is 17.2. The fourth-order valence-corrected chi connectivity index (χ4v) is 10.5. The first-order valence-electron chi connectivity index (χ1n) is 17.9. The number of alkyl halides is 2. The van der Waals surface area contributed by atoms with Crippen molar-refractivity contribution >= 4 is 72.4 Å². The Labute approximate surface area is 326 Å². The number of halogens is 5.